The number of sulfonamides is 1. The molecule has 0 heterocycles. The van der Waals surface area contributed by atoms with Gasteiger partial charge >= 0.3 is 0 Å². The van der Waals surface area contributed by atoms with Crippen LogP contribution in [0.25, 0.3) is 0 Å². The fourth-order valence-corrected chi connectivity index (χ4v) is 3.93. The quantitative estimate of drug-likeness (QED) is 0.621. The first-order valence-electron chi connectivity index (χ1n) is 7.52. The number of rotatable bonds is 6. The van der Waals surface area contributed by atoms with E-state index >= 15 is 0 Å². The van der Waals surface area contributed by atoms with Crippen LogP contribution < -0.4 is 4.72 Å². The highest BCUT2D eigenvalue weighted by Gasteiger charge is 2.17. The van der Waals surface area contributed by atoms with Gasteiger partial charge in [-0.15, -0.1) is 11.8 Å². The Morgan fingerprint density at radius 1 is 1.08 bits per heavy atom. The molecule has 0 saturated heterocycles. The zero-order valence-electron chi connectivity index (χ0n) is 14.2. The van der Waals surface area contributed by atoms with Crippen LogP contribution >= 0.6 is 11.8 Å². The lowest BCUT2D eigenvalue weighted by atomic mass is 10.1. The van der Waals surface area contributed by atoms with Crippen LogP contribution in [0.15, 0.2) is 47.4 Å². The smallest absolute Gasteiger partial charge is 0.229 e. The van der Waals surface area contributed by atoms with E-state index in [4.69, 9.17) is 0 Å². The average Bonchev–Trinajstić information content (AvgIpc) is 2.49. The molecule has 0 spiro atoms. The van der Waals surface area contributed by atoms with Crippen LogP contribution in [-0.2, 0) is 10.0 Å². The summed E-state index contributed by atoms with van der Waals surface area (Å²) in [7, 11) is -3.32. The van der Waals surface area contributed by atoms with Gasteiger partial charge in [0.05, 0.1) is 11.5 Å². The lowest BCUT2D eigenvalue weighted by Crippen LogP contribution is -2.14. The van der Waals surface area contributed by atoms with E-state index in [1.165, 1.54) is 5.56 Å². The predicted octanol–water partition coefficient (Wildman–Crippen LogP) is 4.04. The number of anilines is 1. The minimum Gasteiger partial charge on any atom is -0.293 e. The second-order valence-corrected chi connectivity index (χ2v) is 8.98. The first kappa shape index (κ1) is 18.5. The molecule has 0 fully saturated rings. The van der Waals surface area contributed by atoms with Crippen LogP contribution in [0.5, 0.6) is 0 Å². The number of aryl methyl sites for hydroxylation is 2. The van der Waals surface area contributed by atoms with Gasteiger partial charge in [-0.2, -0.15) is 0 Å². The van der Waals surface area contributed by atoms with Crippen LogP contribution in [0, 0.1) is 13.8 Å². The molecule has 1 N–H and O–H groups in total. The summed E-state index contributed by atoms with van der Waals surface area (Å²) in [5.74, 6) is 0.0202. The van der Waals surface area contributed by atoms with Gasteiger partial charge in [0.15, 0.2) is 5.78 Å². The molecule has 0 bridgehead atoms. The molecule has 0 unspecified atom stereocenters. The molecule has 0 saturated carbocycles. The first-order valence-corrected chi connectivity index (χ1v) is 10.3. The summed E-state index contributed by atoms with van der Waals surface area (Å²) in [6.07, 6.45) is 1.09. The highest BCUT2D eigenvalue weighted by Crippen LogP contribution is 2.29. The largest absolute Gasteiger partial charge is 0.293 e. The van der Waals surface area contributed by atoms with Crippen LogP contribution in [0.1, 0.15) is 28.4 Å². The summed E-state index contributed by atoms with van der Waals surface area (Å²) >= 11 is 1.54. The third-order valence-corrected chi connectivity index (χ3v) is 5.36. The van der Waals surface area contributed by atoms with Crippen molar-refractivity contribution in [3.63, 3.8) is 0 Å². The maximum atomic E-state index is 12.6. The van der Waals surface area contributed by atoms with Gasteiger partial charge in [0, 0.05) is 16.1 Å². The van der Waals surface area contributed by atoms with E-state index in [1.807, 2.05) is 20.8 Å². The van der Waals surface area contributed by atoms with Crippen molar-refractivity contribution in [1.29, 1.82) is 0 Å². The Bertz CT molecular complexity index is 843. The fourth-order valence-electron chi connectivity index (χ4n) is 2.23. The lowest BCUT2D eigenvalue weighted by Gasteiger charge is -2.13. The van der Waals surface area contributed by atoms with Crippen molar-refractivity contribution in [1.82, 2.24) is 0 Å². The van der Waals surface area contributed by atoms with E-state index in [1.54, 1.807) is 36.0 Å². The van der Waals surface area contributed by atoms with Gasteiger partial charge in [-0.3, -0.25) is 9.52 Å². The summed E-state index contributed by atoms with van der Waals surface area (Å²) in [4.78, 5) is 13.7. The van der Waals surface area contributed by atoms with Gasteiger partial charge in [-0.1, -0.05) is 17.7 Å². The Hall–Kier alpha value is -1.79. The number of benzene rings is 2. The zero-order valence-corrected chi connectivity index (χ0v) is 15.8. The molecule has 2 rings (SSSR count). The van der Waals surface area contributed by atoms with E-state index < -0.39 is 10.0 Å². The SMILES string of the molecule is Cc1ccc(C)c(S[C@@H](C)C(=O)c2ccc(NS(C)(=O)=O)cc2)c1. The second kappa shape index (κ2) is 7.40. The van der Waals surface area contributed by atoms with Crippen molar-refractivity contribution >= 4 is 33.3 Å². The highest BCUT2D eigenvalue weighted by atomic mass is 32.2. The summed E-state index contributed by atoms with van der Waals surface area (Å²) in [6, 6.07) is 12.7. The van der Waals surface area contributed by atoms with Crippen LogP contribution in [-0.4, -0.2) is 25.7 Å². The molecule has 24 heavy (non-hydrogen) atoms. The molecule has 0 aliphatic heterocycles. The molecule has 0 aromatic heterocycles. The van der Waals surface area contributed by atoms with Crippen molar-refractivity contribution in [3.05, 3.63) is 59.2 Å². The molecule has 0 aliphatic rings. The van der Waals surface area contributed by atoms with Gasteiger partial charge in [-0.05, 0) is 56.7 Å². The fraction of sp³-hybridized carbons (Fsp3) is 0.278. The molecular formula is C18H21NO3S2. The van der Waals surface area contributed by atoms with Gasteiger partial charge in [0.2, 0.25) is 10.0 Å². The average molecular weight is 364 g/mol. The number of Topliss-reactive ketones (excluding diaryl/α,β-unsaturated/α-hetero) is 1. The third-order valence-electron chi connectivity index (χ3n) is 3.49. The van der Waals surface area contributed by atoms with Crippen molar-refractivity contribution in [2.45, 2.75) is 30.9 Å². The summed E-state index contributed by atoms with van der Waals surface area (Å²) in [6.45, 7) is 5.95. The van der Waals surface area contributed by atoms with Crippen molar-refractivity contribution in [2.75, 3.05) is 11.0 Å². The molecule has 0 aliphatic carbocycles. The number of hydrogen-bond acceptors (Lipinski definition) is 4. The predicted molar refractivity (Wildman–Crippen MR) is 100 cm³/mol. The zero-order chi connectivity index (χ0) is 17.9. The molecule has 1 atom stereocenters. The molecule has 4 nitrogen and oxygen atoms in total. The summed E-state index contributed by atoms with van der Waals surface area (Å²) in [5, 5.41) is -0.223. The number of thioether (sulfide) groups is 1. The van der Waals surface area contributed by atoms with E-state index in [2.05, 4.69) is 22.9 Å². The van der Waals surface area contributed by atoms with Crippen LogP contribution in [0.3, 0.4) is 0 Å². The molecule has 0 radical (unpaired) electrons. The van der Waals surface area contributed by atoms with Gasteiger partial charge in [0.25, 0.3) is 0 Å². The minimum absolute atomic E-state index is 0.0202. The lowest BCUT2D eigenvalue weighted by molar-refractivity contribution is 0.0994. The Morgan fingerprint density at radius 2 is 1.71 bits per heavy atom. The Morgan fingerprint density at radius 3 is 2.29 bits per heavy atom. The Balaban J connectivity index is 2.11. The molecule has 2 aromatic rings. The molecule has 2 aromatic carbocycles. The standard InChI is InChI=1S/C18H21NO3S2/c1-12-5-6-13(2)17(11-12)23-14(3)18(20)15-7-9-16(10-8-15)19-24(4,21)22/h5-11,14,19H,1-4H3/t14-/m0/s1. The van der Waals surface area contributed by atoms with E-state index in [9.17, 15) is 13.2 Å². The van der Waals surface area contributed by atoms with Crippen molar-refractivity contribution in [3.8, 4) is 0 Å². The first-order chi connectivity index (χ1) is 11.2. The summed E-state index contributed by atoms with van der Waals surface area (Å²) in [5.41, 5.74) is 3.33. The van der Waals surface area contributed by atoms with Gasteiger partial charge in [-0.25, -0.2) is 8.42 Å². The van der Waals surface area contributed by atoms with E-state index in [0.717, 1.165) is 16.7 Å². The molecule has 6 heteroatoms. The molecule has 128 valence electrons. The Kier molecular flexibility index (Phi) is 5.72. The number of ketones is 1. The van der Waals surface area contributed by atoms with Gasteiger partial charge in [0.1, 0.15) is 0 Å². The van der Waals surface area contributed by atoms with E-state index in [0.29, 0.717) is 11.3 Å². The summed E-state index contributed by atoms with van der Waals surface area (Å²) < 4.78 is 24.8. The second-order valence-electron chi connectivity index (χ2n) is 5.84. The van der Waals surface area contributed by atoms with Crippen molar-refractivity contribution < 1.29 is 13.2 Å². The molecule has 0 amide bonds. The number of carbonyl (C=O) groups is 1. The topological polar surface area (TPSA) is 63.2 Å². The monoisotopic (exact) mass is 363 g/mol. The van der Waals surface area contributed by atoms with Crippen molar-refractivity contribution in [2.24, 2.45) is 0 Å². The van der Waals surface area contributed by atoms with E-state index in [-0.39, 0.29) is 11.0 Å². The third kappa shape index (κ3) is 5.11. The number of hydrogen-bond donors (Lipinski definition) is 1. The number of nitrogens with one attached hydrogen (secondary N) is 1. The molecular weight excluding hydrogens is 342 g/mol. The highest BCUT2D eigenvalue weighted by molar-refractivity contribution is 8.00. The normalized spacial score (nSPS) is 12.7. The van der Waals surface area contributed by atoms with Crippen LogP contribution in [0.4, 0.5) is 5.69 Å². The van der Waals surface area contributed by atoms with Crippen LogP contribution in [0.2, 0.25) is 0 Å². The van der Waals surface area contributed by atoms with Gasteiger partial charge < -0.3 is 0 Å². The maximum absolute atomic E-state index is 12.6. The Labute approximate surface area is 147 Å². The maximum Gasteiger partial charge on any atom is 0.229 e. The number of carbonyl (C=O) groups excluding carboxylic acids is 1. The minimum atomic E-state index is -3.32.